The molecule has 0 atom stereocenters. The van der Waals surface area contributed by atoms with Crippen molar-refractivity contribution in [3.63, 3.8) is 0 Å². The van der Waals surface area contributed by atoms with Crippen LogP contribution in [0.2, 0.25) is 0 Å². The van der Waals surface area contributed by atoms with Crippen LogP contribution >= 0.6 is 0 Å². The fourth-order valence-electron chi connectivity index (χ4n) is 2.62. The molecule has 128 valence electrons. The molecule has 0 radical (unpaired) electrons. The first-order chi connectivity index (χ1) is 12.6. The van der Waals surface area contributed by atoms with Crippen LogP contribution < -0.4 is 5.32 Å². The fraction of sp³-hybridized carbons (Fsp3) is 0.0526. The van der Waals surface area contributed by atoms with Crippen molar-refractivity contribution in [1.29, 1.82) is 0 Å². The van der Waals surface area contributed by atoms with Gasteiger partial charge < -0.3 is 9.73 Å². The number of fused-ring (bicyclic) bond motifs is 1. The third-order valence-electron chi connectivity index (χ3n) is 3.86. The molecule has 0 spiro atoms. The van der Waals surface area contributed by atoms with E-state index in [1.54, 1.807) is 24.8 Å². The van der Waals surface area contributed by atoms with Gasteiger partial charge >= 0.3 is 0 Å². The second kappa shape index (κ2) is 6.29. The number of nitrogens with one attached hydrogen (secondary N) is 1. The van der Waals surface area contributed by atoms with E-state index in [0.29, 0.717) is 23.0 Å². The lowest BCUT2D eigenvalue weighted by molar-refractivity contribution is -0.111. The molecule has 0 saturated heterocycles. The molecule has 1 amide bonds. The number of hydrogen-bond acceptors (Lipinski definition) is 5. The number of benzene rings is 1. The zero-order valence-corrected chi connectivity index (χ0v) is 14.0. The maximum atomic E-state index is 11.5. The van der Waals surface area contributed by atoms with Gasteiger partial charge in [-0.3, -0.25) is 14.3 Å². The summed E-state index contributed by atoms with van der Waals surface area (Å²) in [5, 5.41) is 2.74. The van der Waals surface area contributed by atoms with Crippen molar-refractivity contribution in [3.05, 3.63) is 67.5 Å². The van der Waals surface area contributed by atoms with E-state index in [0.717, 1.165) is 16.8 Å². The molecule has 7 nitrogen and oxygen atoms in total. The standard InChI is InChI=1S/C19H15N5O2/c1-3-19(25)22-13-5-6-14-16(8-13)24(11-21-14)18-10-20-9-15(23-18)17-7-4-12(2)26-17/h3-11H,1H2,2H3,(H,22,25). The lowest BCUT2D eigenvalue weighted by atomic mass is 10.2. The van der Waals surface area contributed by atoms with Gasteiger partial charge in [-0.05, 0) is 43.3 Å². The Kier molecular flexibility index (Phi) is 3.81. The quantitative estimate of drug-likeness (QED) is 0.572. The van der Waals surface area contributed by atoms with Gasteiger partial charge in [0.25, 0.3) is 0 Å². The number of aryl methyl sites for hydroxylation is 1. The van der Waals surface area contributed by atoms with Crippen LogP contribution in [0.15, 0.2) is 66.1 Å². The summed E-state index contributed by atoms with van der Waals surface area (Å²) >= 11 is 0. The van der Waals surface area contributed by atoms with Crippen molar-refractivity contribution in [2.24, 2.45) is 0 Å². The Balaban J connectivity index is 1.78. The molecule has 26 heavy (non-hydrogen) atoms. The van der Waals surface area contributed by atoms with Crippen LogP contribution in [-0.2, 0) is 4.79 Å². The maximum Gasteiger partial charge on any atom is 0.247 e. The first-order valence-corrected chi connectivity index (χ1v) is 7.94. The van der Waals surface area contributed by atoms with E-state index in [4.69, 9.17) is 4.42 Å². The summed E-state index contributed by atoms with van der Waals surface area (Å²) in [6.07, 6.45) is 6.19. The van der Waals surface area contributed by atoms with Crippen LogP contribution in [0.3, 0.4) is 0 Å². The fourth-order valence-corrected chi connectivity index (χ4v) is 2.62. The van der Waals surface area contributed by atoms with Crippen LogP contribution in [0.5, 0.6) is 0 Å². The van der Waals surface area contributed by atoms with Crippen molar-refractivity contribution in [3.8, 4) is 17.3 Å². The van der Waals surface area contributed by atoms with Crippen LogP contribution in [0.1, 0.15) is 5.76 Å². The number of rotatable bonds is 4. The highest BCUT2D eigenvalue weighted by molar-refractivity contribution is 6.00. The summed E-state index contributed by atoms with van der Waals surface area (Å²) in [6, 6.07) is 9.19. The Bertz CT molecular complexity index is 1130. The number of carbonyl (C=O) groups excluding carboxylic acids is 1. The van der Waals surface area contributed by atoms with Crippen molar-refractivity contribution in [2.75, 3.05) is 5.32 Å². The average molecular weight is 345 g/mol. The zero-order chi connectivity index (χ0) is 18.1. The summed E-state index contributed by atoms with van der Waals surface area (Å²) in [5.41, 5.74) is 2.86. The lowest BCUT2D eigenvalue weighted by Crippen LogP contribution is -2.07. The van der Waals surface area contributed by atoms with Crippen molar-refractivity contribution in [1.82, 2.24) is 19.5 Å². The molecule has 0 aliphatic rings. The van der Waals surface area contributed by atoms with E-state index in [2.05, 4.69) is 26.8 Å². The molecule has 1 aromatic carbocycles. The van der Waals surface area contributed by atoms with Gasteiger partial charge in [0, 0.05) is 5.69 Å². The Hall–Kier alpha value is -3.74. The van der Waals surface area contributed by atoms with Crippen molar-refractivity contribution >= 4 is 22.6 Å². The molecule has 0 unspecified atom stereocenters. The van der Waals surface area contributed by atoms with E-state index in [1.807, 2.05) is 35.8 Å². The normalized spacial score (nSPS) is 10.8. The Morgan fingerprint density at radius 3 is 2.92 bits per heavy atom. The molecular formula is C19H15N5O2. The molecule has 0 aliphatic heterocycles. The lowest BCUT2D eigenvalue weighted by Gasteiger charge is -2.06. The van der Waals surface area contributed by atoms with Gasteiger partial charge in [-0.2, -0.15) is 0 Å². The molecule has 0 bridgehead atoms. The monoisotopic (exact) mass is 345 g/mol. The number of imidazole rings is 1. The average Bonchev–Trinajstić information content (AvgIpc) is 3.27. The van der Waals surface area contributed by atoms with Crippen LogP contribution in [0, 0.1) is 6.92 Å². The smallest absolute Gasteiger partial charge is 0.247 e. The summed E-state index contributed by atoms with van der Waals surface area (Å²) in [7, 11) is 0. The minimum atomic E-state index is -0.273. The molecule has 3 heterocycles. The van der Waals surface area contributed by atoms with Gasteiger partial charge in [-0.1, -0.05) is 6.58 Å². The number of aromatic nitrogens is 4. The highest BCUT2D eigenvalue weighted by Gasteiger charge is 2.11. The number of carbonyl (C=O) groups is 1. The first-order valence-electron chi connectivity index (χ1n) is 7.94. The minimum absolute atomic E-state index is 0.273. The van der Waals surface area contributed by atoms with E-state index in [-0.39, 0.29) is 5.91 Å². The van der Waals surface area contributed by atoms with Crippen molar-refractivity contribution in [2.45, 2.75) is 6.92 Å². The van der Waals surface area contributed by atoms with Gasteiger partial charge in [-0.25, -0.2) is 9.97 Å². The van der Waals surface area contributed by atoms with Gasteiger partial charge in [0.2, 0.25) is 5.91 Å². The van der Waals surface area contributed by atoms with E-state index in [1.165, 1.54) is 6.08 Å². The largest absolute Gasteiger partial charge is 0.460 e. The van der Waals surface area contributed by atoms with E-state index in [9.17, 15) is 4.79 Å². The summed E-state index contributed by atoms with van der Waals surface area (Å²) in [6.45, 7) is 5.34. The second-order valence-corrected chi connectivity index (χ2v) is 5.68. The molecular weight excluding hydrogens is 330 g/mol. The third-order valence-corrected chi connectivity index (χ3v) is 3.86. The highest BCUT2D eigenvalue weighted by atomic mass is 16.3. The third kappa shape index (κ3) is 2.86. The topological polar surface area (TPSA) is 85.8 Å². The van der Waals surface area contributed by atoms with Gasteiger partial charge in [-0.15, -0.1) is 0 Å². The number of anilines is 1. The Morgan fingerprint density at radius 2 is 2.15 bits per heavy atom. The SMILES string of the molecule is C=CC(=O)Nc1ccc2ncn(-c3cncc(-c4ccc(C)o4)n3)c2c1. The predicted molar refractivity (Wildman–Crippen MR) is 97.9 cm³/mol. The van der Waals surface area contributed by atoms with Crippen LogP contribution in [-0.4, -0.2) is 25.4 Å². The van der Waals surface area contributed by atoms with E-state index < -0.39 is 0 Å². The Morgan fingerprint density at radius 1 is 1.27 bits per heavy atom. The molecule has 4 rings (SSSR count). The van der Waals surface area contributed by atoms with Crippen LogP contribution in [0.4, 0.5) is 5.69 Å². The zero-order valence-electron chi connectivity index (χ0n) is 14.0. The van der Waals surface area contributed by atoms with Crippen LogP contribution in [0.25, 0.3) is 28.3 Å². The second-order valence-electron chi connectivity index (χ2n) is 5.68. The summed E-state index contributed by atoms with van der Waals surface area (Å²) in [4.78, 5) is 24.8. The molecule has 0 saturated carbocycles. The molecule has 7 heteroatoms. The number of furan rings is 1. The van der Waals surface area contributed by atoms with Crippen molar-refractivity contribution < 1.29 is 9.21 Å². The summed E-state index contributed by atoms with van der Waals surface area (Å²) < 4.78 is 7.43. The maximum absolute atomic E-state index is 11.5. The number of nitrogens with zero attached hydrogens (tertiary/aromatic N) is 4. The highest BCUT2D eigenvalue weighted by Crippen LogP contribution is 2.23. The first kappa shape index (κ1) is 15.8. The minimum Gasteiger partial charge on any atom is -0.460 e. The molecule has 4 aromatic rings. The summed E-state index contributed by atoms with van der Waals surface area (Å²) in [5.74, 6) is 1.79. The molecule has 0 aliphatic carbocycles. The molecule has 0 fully saturated rings. The molecule has 1 N–H and O–H groups in total. The number of amides is 1. The predicted octanol–water partition coefficient (Wildman–Crippen LogP) is 3.51. The molecule has 3 aromatic heterocycles. The number of hydrogen-bond donors (Lipinski definition) is 1. The Labute approximate surface area is 149 Å². The van der Waals surface area contributed by atoms with E-state index >= 15 is 0 Å². The van der Waals surface area contributed by atoms with Gasteiger partial charge in [0.1, 0.15) is 17.8 Å². The van der Waals surface area contributed by atoms with Gasteiger partial charge in [0.05, 0.1) is 23.4 Å². The van der Waals surface area contributed by atoms with Gasteiger partial charge in [0.15, 0.2) is 11.6 Å².